The van der Waals surface area contributed by atoms with Gasteiger partial charge in [0.25, 0.3) is 5.89 Å². The summed E-state index contributed by atoms with van der Waals surface area (Å²) < 4.78 is 5.25. The fourth-order valence-electron chi connectivity index (χ4n) is 2.80. The van der Waals surface area contributed by atoms with E-state index in [1.807, 2.05) is 18.2 Å². The molecule has 2 heterocycles. The minimum Gasteiger partial charge on any atom is -0.370 e. The lowest BCUT2D eigenvalue weighted by molar-refractivity contribution is 0.421. The van der Waals surface area contributed by atoms with Crippen LogP contribution in [0.3, 0.4) is 0 Å². The number of rotatable bonds is 7. The van der Waals surface area contributed by atoms with Crippen LogP contribution in [-0.2, 0) is 19.3 Å². The Kier molecular flexibility index (Phi) is 8.37. The van der Waals surface area contributed by atoms with E-state index in [-0.39, 0.29) is 24.0 Å². The van der Waals surface area contributed by atoms with Crippen molar-refractivity contribution in [3.8, 4) is 11.6 Å². The first-order valence-electron chi connectivity index (χ1n) is 9.13. The Hall–Kier alpha value is -2.49. The molecule has 2 aromatic heterocycles. The van der Waals surface area contributed by atoms with Crippen LogP contribution in [-0.4, -0.2) is 27.6 Å². The second-order valence-corrected chi connectivity index (χ2v) is 6.03. The number of halogens is 1. The van der Waals surface area contributed by atoms with E-state index < -0.39 is 0 Å². The van der Waals surface area contributed by atoms with E-state index in [0.29, 0.717) is 36.3 Å². The Morgan fingerprint density at radius 2 is 1.86 bits per heavy atom. The van der Waals surface area contributed by atoms with Crippen LogP contribution in [0.25, 0.3) is 11.6 Å². The number of hydrogen-bond donors (Lipinski definition) is 2. The molecule has 0 unspecified atom stereocenters. The highest BCUT2D eigenvalue weighted by molar-refractivity contribution is 14.0. The van der Waals surface area contributed by atoms with Crippen LogP contribution in [0.2, 0.25) is 0 Å². The summed E-state index contributed by atoms with van der Waals surface area (Å²) in [6.45, 7) is 4.72. The molecule has 0 amide bonds. The molecule has 0 bridgehead atoms. The first-order valence-corrected chi connectivity index (χ1v) is 9.13. The second-order valence-electron chi connectivity index (χ2n) is 6.03. The molecule has 28 heavy (non-hydrogen) atoms. The van der Waals surface area contributed by atoms with Gasteiger partial charge in [-0.3, -0.25) is 9.98 Å². The average Bonchev–Trinajstić information content (AvgIpc) is 3.17. The van der Waals surface area contributed by atoms with E-state index in [1.165, 1.54) is 11.1 Å². The van der Waals surface area contributed by atoms with E-state index in [0.717, 1.165) is 18.5 Å². The van der Waals surface area contributed by atoms with Crippen molar-refractivity contribution >= 4 is 35.6 Å². The van der Waals surface area contributed by atoms with Crippen molar-refractivity contribution in [2.24, 2.45) is 10.7 Å². The fourth-order valence-corrected chi connectivity index (χ4v) is 2.80. The third kappa shape index (κ3) is 5.51. The van der Waals surface area contributed by atoms with Gasteiger partial charge in [0.15, 0.2) is 11.8 Å². The summed E-state index contributed by atoms with van der Waals surface area (Å²) in [5.41, 5.74) is 10.2. The summed E-state index contributed by atoms with van der Waals surface area (Å²) in [6, 6.07) is 11.8. The number of guanidine groups is 1. The van der Waals surface area contributed by atoms with E-state index >= 15 is 0 Å². The first kappa shape index (κ1) is 21.8. The van der Waals surface area contributed by atoms with Crippen molar-refractivity contribution in [3.05, 3.63) is 59.5 Å². The molecule has 7 nitrogen and oxygen atoms in total. The van der Waals surface area contributed by atoms with Gasteiger partial charge in [-0.2, -0.15) is 4.98 Å². The molecule has 1 aromatic carbocycles. The maximum absolute atomic E-state index is 6.08. The van der Waals surface area contributed by atoms with Gasteiger partial charge in [-0.05, 0) is 36.1 Å². The number of aryl methyl sites for hydroxylation is 2. The van der Waals surface area contributed by atoms with Crippen molar-refractivity contribution in [2.45, 2.75) is 33.1 Å². The molecular weight excluding hydrogens is 467 g/mol. The topological polar surface area (TPSA) is 102 Å². The second kappa shape index (κ2) is 10.7. The largest absolute Gasteiger partial charge is 0.370 e. The number of anilines is 1. The van der Waals surface area contributed by atoms with Crippen LogP contribution < -0.4 is 11.1 Å². The summed E-state index contributed by atoms with van der Waals surface area (Å²) in [5.74, 6) is 1.37. The SMILES string of the molecule is CCc1cccc(CC)c1NC(N)=NCCc1noc(-c2ccccn2)n1.I. The Morgan fingerprint density at radius 3 is 2.50 bits per heavy atom. The number of nitrogens with two attached hydrogens (primary N) is 1. The summed E-state index contributed by atoms with van der Waals surface area (Å²) in [4.78, 5) is 12.9. The molecule has 0 saturated heterocycles. The van der Waals surface area contributed by atoms with Crippen molar-refractivity contribution in [3.63, 3.8) is 0 Å². The number of benzene rings is 1. The zero-order valence-electron chi connectivity index (χ0n) is 16.1. The number of hydrogen-bond acceptors (Lipinski definition) is 5. The van der Waals surface area contributed by atoms with Crippen molar-refractivity contribution in [1.82, 2.24) is 15.1 Å². The van der Waals surface area contributed by atoms with Crippen molar-refractivity contribution < 1.29 is 4.52 Å². The third-order valence-electron chi connectivity index (χ3n) is 4.22. The number of aromatic nitrogens is 3. The van der Waals surface area contributed by atoms with Gasteiger partial charge in [-0.1, -0.05) is 43.3 Å². The number of aliphatic imine (C=N–C) groups is 1. The molecule has 3 aromatic rings. The van der Waals surface area contributed by atoms with Gasteiger partial charge in [0.05, 0.1) is 0 Å². The molecule has 0 saturated carbocycles. The maximum atomic E-state index is 6.08. The quantitative estimate of drug-likeness (QED) is 0.295. The highest BCUT2D eigenvalue weighted by atomic mass is 127. The standard InChI is InChI=1S/C20H24N6O.HI/c1-3-14-8-7-9-15(4-2)18(14)25-20(21)23-13-11-17-24-19(27-26-17)16-10-5-6-12-22-16;/h5-10,12H,3-4,11,13H2,1-2H3,(H3,21,23,25);1H. The lowest BCUT2D eigenvalue weighted by Crippen LogP contribution is -2.24. The minimum atomic E-state index is 0. The minimum absolute atomic E-state index is 0. The summed E-state index contributed by atoms with van der Waals surface area (Å²) in [7, 11) is 0. The smallest absolute Gasteiger partial charge is 0.276 e. The average molecular weight is 492 g/mol. The van der Waals surface area contributed by atoms with Gasteiger partial charge in [-0.25, -0.2) is 0 Å². The van der Waals surface area contributed by atoms with E-state index in [1.54, 1.807) is 6.20 Å². The van der Waals surface area contributed by atoms with Gasteiger partial charge >= 0.3 is 0 Å². The molecule has 0 aliphatic rings. The van der Waals surface area contributed by atoms with Crippen LogP contribution >= 0.6 is 24.0 Å². The highest BCUT2D eigenvalue weighted by Gasteiger charge is 2.10. The lowest BCUT2D eigenvalue weighted by atomic mass is 10.0. The number of pyridine rings is 1. The lowest BCUT2D eigenvalue weighted by Gasteiger charge is -2.14. The predicted octanol–water partition coefficient (Wildman–Crippen LogP) is 3.84. The van der Waals surface area contributed by atoms with Gasteiger partial charge in [0.2, 0.25) is 0 Å². The molecule has 0 fully saturated rings. The van der Waals surface area contributed by atoms with Crippen LogP contribution in [0.5, 0.6) is 0 Å². The number of nitrogens with one attached hydrogen (secondary N) is 1. The van der Waals surface area contributed by atoms with Crippen LogP contribution in [0, 0.1) is 0 Å². The maximum Gasteiger partial charge on any atom is 0.276 e. The summed E-state index contributed by atoms with van der Waals surface area (Å²) in [6.07, 6.45) is 4.09. The Labute approximate surface area is 181 Å². The summed E-state index contributed by atoms with van der Waals surface area (Å²) >= 11 is 0. The molecule has 3 rings (SSSR count). The molecule has 3 N–H and O–H groups in total. The zero-order valence-corrected chi connectivity index (χ0v) is 18.4. The molecule has 0 aliphatic carbocycles. The Balaban J connectivity index is 0.00000280. The molecule has 0 aliphatic heterocycles. The van der Waals surface area contributed by atoms with Gasteiger partial charge < -0.3 is 15.6 Å². The highest BCUT2D eigenvalue weighted by Crippen LogP contribution is 2.22. The van der Waals surface area contributed by atoms with Gasteiger partial charge in [0.1, 0.15) is 5.69 Å². The number of para-hydroxylation sites is 1. The molecular formula is C20H25IN6O. The fraction of sp³-hybridized carbons (Fsp3) is 0.300. The van der Waals surface area contributed by atoms with E-state index in [9.17, 15) is 0 Å². The monoisotopic (exact) mass is 492 g/mol. The molecule has 0 radical (unpaired) electrons. The normalized spacial score (nSPS) is 11.1. The zero-order chi connectivity index (χ0) is 19.1. The van der Waals surface area contributed by atoms with Gasteiger partial charge in [0, 0.05) is 24.8 Å². The predicted molar refractivity (Wildman–Crippen MR) is 122 cm³/mol. The third-order valence-corrected chi connectivity index (χ3v) is 4.22. The molecule has 0 spiro atoms. The van der Waals surface area contributed by atoms with Crippen LogP contribution in [0.4, 0.5) is 5.69 Å². The summed E-state index contributed by atoms with van der Waals surface area (Å²) in [5, 5.41) is 7.22. The van der Waals surface area contributed by atoms with Gasteiger partial charge in [-0.15, -0.1) is 24.0 Å². The van der Waals surface area contributed by atoms with E-state index in [2.05, 4.69) is 57.5 Å². The number of nitrogens with zero attached hydrogens (tertiary/aromatic N) is 4. The first-order chi connectivity index (χ1) is 13.2. The Bertz CT molecular complexity index is 888. The Morgan fingerprint density at radius 1 is 1.11 bits per heavy atom. The van der Waals surface area contributed by atoms with Crippen LogP contribution in [0.15, 0.2) is 52.1 Å². The molecule has 148 valence electrons. The van der Waals surface area contributed by atoms with Crippen LogP contribution in [0.1, 0.15) is 30.8 Å². The molecule has 0 atom stereocenters. The van der Waals surface area contributed by atoms with E-state index in [4.69, 9.17) is 10.3 Å². The molecule has 8 heteroatoms. The van der Waals surface area contributed by atoms with Crippen molar-refractivity contribution in [2.75, 3.05) is 11.9 Å². The van der Waals surface area contributed by atoms with Crippen molar-refractivity contribution in [1.29, 1.82) is 0 Å².